The summed E-state index contributed by atoms with van der Waals surface area (Å²) in [6, 6.07) is 9.03. The number of hydrogen-bond acceptors (Lipinski definition) is 4. The van der Waals surface area contributed by atoms with E-state index in [0.717, 1.165) is 11.8 Å². The number of benzene rings is 1. The molecular formula is C13H12N2O4S. The zero-order valence-corrected chi connectivity index (χ0v) is 11.4. The third-order valence-electron chi connectivity index (χ3n) is 2.55. The molecule has 0 saturated carbocycles. The van der Waals surface area contributed by atoms with Crippen LogP contribution in [-0.4, -0.2) is 24.5 Å². The molecule has 20 heavy (non-hydrogen) atoms. The molecule has 0 amide bonds. The third-order valence-corrected chi connectivity index (χ3v) is 3.90. The summed E-state index contributed by atoms with van der Waals surface area (Å²) in [5, 5.41) is 8.74. The van der Waals surface area contributed by atoms with E-state index in [2.05, 4.69) is 9.71 Å². The number of anilines is 1. The molecule has 0 bridgehead atoms. The van der Waals surface area contributed by atoms with Crippen molar-refractivity contribution in [1.82, 2.24) is 4.98 Å². The minimum Gasteiger partial charge on any atom is -0.478 e. The summed E-state index contributed by atoms with van der Waals surface area (Å²) in [4.78, 5) is 14.6. The molecule has 0 spiro atoms. The Hall–Kier alpha value is -2.41. The Morgan fingerprint density at radius 1 is 1.25 bits per heavy atom. The van der Waals surface area contributed by atoms with Crippen molar-refractivity contribution in [2.24, 2.45) is 0 Å². The van der Waals surface area contributed by atoms with Crippen molar-refractivity contribution < 1.29 is 18.3 Å². The fourth-order valence-corrected chi connectivity index (χ4v) is 2.67. The Bertz CT molecular complexity index is 739. The molecule has 0 aliphatic carbocycles. The minimum atomic E-state index is -3.73. The number of aromatic nitrogens is 1. The second-order valence-electron chi connectivity index (χ2n) is 4.16. The molecule has 1 aromatic heterocycles. The minimum absolute atomic E-state index is 0.0106. The Morgan fingerprint density at radius 3 is 2.55 bits per heavy atom. The monoisotopic (exact) mass is 292 g/mol. The zero-order chi connectivity index (χ0) is 14.8. The SMILES string of the molecule is Cc1cccc(S(=O)(=O)Nc2ccc(C(=O)O)cn2)c1. The summed E-state index contributed by atoms with van der Waals surface area (Å²) in [7, 11) is -3.73. The molecule has 2 rings (SSSR count). The summed E-state index contributed by atoms with van der Waals surface area (Å²) >= 11 is 0. The highest BCUT2D eigenvalue weighted by Gasteiger charge is 2.15. The van der Waals surface area contributed by atoms with Gasteiger partial charge in [-0.3, -0.25) is 4.72 Å². The van der Waals surface area contributed by atoms with Crippen LogP contribution in [0.5, 0.6) is 0 Å². The molecule has 0 atom stereocenters. The molecule has 0 radical (unpaired) electrons. The molecule has 104 valence electrons. The summed E-state index contributed by atoms with van der Waals surface area (Å²) in [6.45, 7) is 1.79. The molecule has 0 saturated heterocycles. The Balaban J connectivity index is 2.26. The number of carboxylic acids is 1. The Morgan fingerprint density at radius 2 is 2.00 bits per heavy atom. The van der Waals surface area contributed by atoms with E-state index in [9.17, 15) is 13.2 Å². The summed E-state index contributed by atoms with van der Waals surface area (Å²) in [6.07, 6.45) is 1.09. The standard InChI is InChI=1S/C13H12N2O4S/c1-9-3-2-4-11(7-9)20(18,19)15-12-6-5-10(8-14-12)13(16)17/h2-8H,1H3,(H,14,15)(H,16,17). The van der Waals surface area contributed by atoms with Crippen molar-refractivity contribution in [3.63, 3.8) is 0 Å². The van der Waals surface area contributed by atoms with Crippen LogP contribution in [0, 0.1) is 6.92 Å². The fourth-order valence-electron chi connectivity index (χ4n) is 1.56. The van der Waals surface area contributed by atoms with Gasteiger partial charge in [0.15, 0.2) is 0 Å². The molecule has 0 fully saturated rings. The van der Waals surface area contributed by atoms with E-state index < -0.39 is 16.0 Å². The average Bonchev–Trinajstić information content (AvgIpc) is 2.39. The largest absolute Gasteiger partial charge is 0.478 e. The smallest absolute Gasteiger partial charge is 0.337 e. The molecule has 1 aromatic carbocycles. The molecule has 0 aliphatic rings. The topological polar surface area (TPSA) is 96.4 Å². The lowest BCUT2D eigenvalue weighted by Gasteiger charge is -2.07. The normalized spacial score (nSPS) is 11.1. The molecule has 2 aromatic rings. The number of pyridine rings is 1. The van der Waals surface area contributed by atoms with Gasteiger partial charge in [0.05, 0.1) is 10.5 Å². The molecule has 7 heteroatoms. The van der Waals surface area contributed by atoms with Crippen LogP contribution in [0.25, 0.3) is 0 Å². The maximum absolute atomic E-state index is 12.1. The number of hydrogen-bond donors (Lipinski definition) is 2. The van der Waals surface area contributed by atoms with Crippen molar-refractivity contribution in [2.75, 3.05) is 4.72 Å². The van der Waals surface area contributed by atoms with E-state index in [0.29, 0.717) is 0 Å². The molecule has 0 aliphatic heterocycles. The Labute approximate surface area is 116 Å². The number of aromatic carboxylic acids is 1. The first-order valence-corrected chi connectivity index (χ1v) is 7.16. The van der Waals surface area contributed by atoms with E-state index in [1.165, 1.54) is 24.3 Å². The summed E-state index contributed by atoms with van der Waals surface area (Å²) in [5.74, 6) is -1.05. The first-order valence-electron chi connectivity index (χ1n) is 5.67. The maximum atomic E-state index is 12.1. The van der Waals surface area contributed by atoms with Gasteiger partial charge in [0.1, 0.15) is 5.82 Å². The third kappa shape index (κ3) is 3.12. The van der Waals surface area contributed by atoms with Gasteiger partial charge in [0, 0.05) is 6.20 Å². The lowest BCUT2D eigenvalue weighted by Crippen LogP contribution is -2.14. The fraction of sp³-hybridized carbons (Fsp3) is 0.0769. The summed E-state index contributed by atoms with van der Waals surface area (Å²) < 4.78 is 26.5. The van der Waals surface area contributed by atoms with Crippen LogP contribution in [-0.2, 0) is 10.0 Å². The van der Waals surface area contributed by atoms with Gasteiger partial charge in [-0.05, 0) is 36.8 Å². The second kappa shape index (κ2) is 5.30. The predicted octanol–water partition coefficient (Wildman–Crippen LogP) is 1.89. The van der Waals surface area contributed by atoms with Gasteiger partial charge in [-0.25, -0.2) is 18.2 Å². The van der Waals surface area contributed by atoms with Crippen LogP contribution in [0.2, 0.25) is 0 Å². The van der Waals surface area contributed by atoms with Crippen LogP contribution >= 0.6 is 0 Å². The van der Waals surface area contributed by atoms with Gasteiger partial charge >= 0.3 is 5.97 Å². The molecule has 1 heterocycles. The van der Waals surface area contributed by atoms with Crippen molar-refractivity contribution in [2.45, 2.75) is 11.8 Å². The second-order valence-corrected chi connectivity index (χ2v) is 5.84. The molecule has 0 unspecified atom stereocenters. The first kappa shape index (κ1) is 14.0. The first-order chi connectivity index (χ1) is 9.38. The van der Waals surface area contributed by atoms with Crippen molar-refractivity contribution in [3.05, 3.63) is 53.7 Å². The number of carbonyl (C=O) groups is 1. The zero-order valence-electron chi connectivity index (χ0n) is 10.6. The number of carboxylic acid groups (broad SMARTS) is 1. The highest BCUT2D eigenvalue weighted by Crippen LogP contribution is 2.15. The van der Waals surface area contributed by atoms with Gasteiger partial charge in [0.2, 0.25) is 0 Å². The summed E-state index contributed by atoms with van der Waals surface area (Å²) in [5.41, 5.74) is 0.811. The van der Waals surface area contributed by atoms with Crippen LogP contribution < -0.4 is 4.72 Å². The van der Waals surface area contributed by atoms with Gasteiger partial charge in [-0.1, -0.05) is 12.1 Å². The number of rotatable bonds is 4. The number of nitrogens with zero attached hydrogens (tertiary/aromatic N) is 1. The van der Waals surface area contributed by atoms with Crippen LogP contribution in [0.4, 0.5) is 5.82 Å². The van der Waals surface area contributed by atoms with E-state index in [4.69, 9.17) is 5.11 Å². The van der Waals surface area contributed by atoms with Crippen molar-refractivity contribution in [3.8, 4) is 0 Å². The number of aryl methyl sites for hydroxylation is 1. The van der Waals surface area contributed by atoms with E-state index in [1.807, 2.05) is 0 Å². The van der Waals surface area contributed by atoms with E-state index >= 15 is 0 Å². The van der Waals surface area contributed by atoms with Crippen LogP contribution in [0.3, 0.4) is 0 Å². The van der Waals surface area contributed by atoms with Gasteiger partial charge in [-0.15, -0.1) is 0 Å². The van der Waals surface area contributed by atoms with Crippen LogP contribution in [0.15, 0.2) is 47.5 Å². The van der Waals surface area contributed by atoms with E-state index in [-0.39, 0.29) is 16.3 Å². The lowest BCUT2D eigenvalue weighted by atomic mass is 10.2. The van der Waals surface area contributed by atoms with Gasteiger partial charge in [0.25, 0.3) is 10.0 Å². The average molecular weight is 292 g/mol. The van der Waals surface area contributed by atoms with Crippen molar-refractivity contribution >= 4 is 21.8 Å². The highest BCUT2D eigenvalue weighted by atomic mass is 32.2. The molecule has 2 N–H and O–H groups in total. The molecular weight excluding hydrogens is 280 g/mol. The predicted molar refractivity (Wildman–Crippen MR) is 73.2 cm³/mol. The maximum Gasteiger partial charge on any atom is 0.337 e. The quantitative estimate of drug-likeness (QED) is 0.897. The highest BCUT2D eigenvalue weighted by molar-refractivity contribution is 7.92. The van der Waals surface area contributed by atoms with Crippen molar-refractivity contribution in [1.29, 1.82) is 0 Å². The van der Waals surface area contributed by atoms with Gasteiger partial charge in [-0.2, -0.15) is 0 Å². The number of sulfonamides is 1. The van der Waals surface area contributed by atoms with Crippen LogP contribution in [0.1, 0.15) is 15.9 Å². The van der Waals surface area contributed by atoms with E-state index in [1.54, 1.807) is 19.1 Å². The Kier molecular flexibility index (Phi) is 3.71. The van der Waals surface area contributed by atoms with Gasteiger partial charge < -0.3 is 5.11 Å². The lowest BCUT2D eigenvalue weighted by molar-refractivity contribution is 0.0696. The molecule has 6 nitrogen and oxygen atoms in total. The number of nitrogens with one attached hydrogen (secondary N) is 1.